The molecule has 1 aliphatic rings. The van der Waals surface area contributed by atoms with Crippen LogP contribution in [0.5, 0.6) is 5.75 Å². The maximum absolute atomic E-state index is 6.00. The van der Waals surface area contributed by atoms with Gasteiger partial charge in [-0.25, -0.2) is 0 Å². The fraction of sp³-hybridized carbons (Fsp3) is 0.625. The molecule has 2 nitrogen and oxygen atoms in total. The quantitative estimate of drug-likeness (QED) is 0.830. The molecular formula is C16H24BrNO. The molecular weight excluding hydrogens is 302 g/mol. The number of nitrogens with one attached hydrogen (secondary N) is 1. The average molecular weight is 326 g/mol. The number of ether oxygens (including phenoxy) is 1. The zero-order chi connectivity index (χ0) is 13.9. The second-order valence-corrected chi connectivity index (χ2v) is 7.27. The van der Waals surface area contributed by atoms with Gasteiger partial charge in [-0.2, -0.15) is 0 Å². The summed E-state index contributed by atoms with van der Waals surface area (Å²) in [6.07, 6.45) is 3.96. The first-order valence-corrected chi connectivity index (χ1v) is 7.90. The van der Waals surface area contributed by atoms with E-state index in [0.29, 0.717) is 0 Å². The standard InChI is InChI=1S/C16H24BrNO/c1-16(2,3)18-11-13-5-4-6-14(17)15(13)19-10-9-12-7-8-12/h4-6,12,18H,7-11H2,1-3H3. The van der Waals surface area contributed by atoms with E-state index >= 15 is 0 Å². The Balaban J connectivity index is 1.97. The van der Waals surface area contributed by atoms with E-state index in [2.05, 4.69) is 54.2 Å². The molecule has 1 saturated carbocycles. The van der Waals surface area contributed by atoms with Gasteiger partial charge in [0.05, 0.1) is 11.1 Å². The molecule has 1 aromatic rings. The van der Waals surface area contributed by atoms with Crippen molar-refractivity contribution < 1.29 is 4.74 Å². The van der Waals surface area contributed by atoms with Crippen LogP contribution in [0.2, 0.25) is 0 Å². The number of hydrogen-bond acceptors (Lipinski definition) is 2. The Morgan fingerprint density at radius 2 is 2.05 bits per heavy atom. The molecule has 3 heteroatoms. The Bertz CT molecular complexity index is 421. The van der Waals surface area contributed by atoms with E-state index < -0.39 is 0 Å². The van der Waals surface area contributed by atoms with E-state index in [0.717, 1.165) is 29.3 Å². The number of rotatable bonds is 6. The van der Waals surface area contributed by atoms with Crippen LogP contribution in [0.4, 0.5) is 0 Å². The SMILES string of the molecule is CC(C)(C)NCc1cccc(Br)c1OCCC1CC1. The van der Waals surface area contributed by atoms with Crippen molar-refractivity contribution in [1.29, 1.82) is 0 Å². The van der Waals surface area contributed by atoms with Crippen LogP contribution in [-0.2, 0) is 6.54 Å². The van der Waals surface area contributed by atoms with Gasteiger partial charge in [0.1, 0.15) is 5.75 Å². The van der Waals surface area contributed by atoms with Crippen molar-refractivity contribution in [2.24, 2.45) is 5.92 Å². The minimum Gasteiger partial charge on any atom is -0.492 e. The Morgan fingerprint density at radius 1 is 1.32 bits per heavy atom. The van der Waals surface area contributed by atoms with Crippen molar-refractivity contribution in [2.45, 2.75) is 52.1 Å². The summed E-state index contributed by atoms with van der Waals surface area (Å²) < 4.78 is 7.05. The van der Waals surface area contributed by atoms with E-state index in [1.807, 2.05) is 6.07 Å². The van der Waals surface area contributed by atoms with Gasteiger partial charge in [0.2, 0.25) is 0 Å². The highest BCUT2D eigenvalue weighted by Gasteiger charge is 2.21. The van der Waals surface area contributed by atoms with Crippen molar-refractivity contribution in [3.63, 3.8) is 0 Å². The molecule has 106 valence electrons. The summed E-state index contributed by atoms with van der Waals surface area (Å²) in [6, 6.07) is 6.25. The lowest BCUT2D eigenvalue weighted by molar-refractivity contribution is 0.295. The van der Waals surface area contributed by atoms with Gasteiger partial charge in [0.15, 0.2) is 0 Å². The molecule has 0 atom stereocenters. The molecule has 1 aromatic carbocycles. The van der Waals surface area contributed by atoms with Gasteiger partial charge >= 0.3 is 0 Å². The lowest BCUT2D eigenvalue weighted by Crippen LogP contribution is -2.35. The zero-order valence-corrected chi connectivity index (χ0v) is 13.7. The number of hydrogen-bond donors (Lipinski definition) is 1. The Hall–Kier alpha value is -0.540. The van der Waals surface area contributed by atoms with Gasteiger partial charge in [-0.1, -0.05) is 25.0 Å². The van der Waals surface area contributed by atoms with E-state index in [1.54, 1.807) is 0 Å². The fourth-order valence-corrected chi connectivity index (χ4v) is 2.47. The molecule has 0 aromatic heterocycles. The topological polar surface area (TPSA) is 21.3 Å². The van der Waals surface area contributed by atoms with Gasteiger partial charge in [-0.3, -0.25) is 0 Å². The lowest BCUT2D eigenvalue weighted by atomic mass is 10.1. The van der Waals surface area contributed by atoms with Crippen molar-refractivity contribution in [3.8, 4) is 5.75 Å². The van der Waals surface area contributed by atoms with E-state index in [1.165, 1.54) is 24.8 Å². The van der Waals surface area contributed by atoms with Gasteiger partial charge in [-0.05, 0) is 55.1 Å². The minimum atomic E-state index is 0.119. The van der Waals surface area contributed by atoms with Crippen LogP contribution >= 0.6 is 15.9 Å². The summed E-state index contributed by atoms with van der Waals surface area (Å²) in [5, 5.41) is 3.52. The molecule has 0 radical (unpaired) electrons. The van der Waals surface area contributed by atoms with Crippen molar-refractivity contribution in [1.82, 2.24) is 5.32 Å². The maximum Gasteiger partial charge on any atom is 0.137 e. The zero-order valence-electron chi connectivity index (χ0n) is 12.1. The van der Waals surface area contributed by atoms with Crippen LogP contribution in [0, 0.1) is 5.92 Å². The Morgan fingerprint density at radius 3 is 2.68 bits per heavy atom. The van der Waals surface area contributed by atoms with E-state index in [4.69, 9.17) is 4.74 Å². The van der Waals surface area contributed by atoms with Gasteiger partial charge < -0.3 is 10.1 Å². The first-order chi connectivity index (χ1) is 8.96. The van der Waals surface area contributed by atoms with Crippen molar-refractivity contribution in [2.75, 3.05) is 6.61 Å². The van der Waals surface area contributed by atoms with Crippen LogP contribution in [0.15, 0.2) is 22.7 Å². The summed E-state index contributed by atoms with van der Waals surface area (Å²) in [6.45, 7) is 8.20. The van der Waals surface area contributed by atoms with Gasteiger partial charge in [0, 0.05) is 17.6 Å². The Kier molecular flexibility index (Phi) is 4.91. The Labute approximate surface area is 125 Å². The third-order valence-corrected chi connectivity index (χ3v) is 3.95. The molecule has 0 bridgehead atoms. The monoisotopic (exact) mass is 325 g/mol. The first kappa shape index (κ1) is 14.9. The largest absolute Gasteiger partial charge is 0.492 e. The van der Waals surface area contributed by atoms with E-state index in [-0.39, 0.29) is 5.54 Å². The summed E-state index contributed by atoms with van der Waals surface area (Å²) >= 11 is 3.60. The highest BCUT2D eigenvalue weighted by molar-refractivity contribution is 9.10. The van der Waals surface area contributed by atoms with Crippen LogP contribution in [0.25, 0.3) is 0 Å². The second kappa shape index (κ2) is 6.27. The van der Waals surface area contributed by atoms with Crippen LogP contribution < -0.4 is 10.1 Å². The highest BCUT2D eigenvalue weighted by atomic mass is 79.9. The molecule has 0 unspecified atom stereocenters. The smallest absolute Gasteiger partial charge is 0.137 e. The average Bonchev–Trinajstić information content (AvgIpc) is 3.12. The molecule has 0 heterocycles. The normalized spacial score (nSPS) is 15.6. The molecule has 1 aliphatic carbocycles. The van der Waals surface area contributed by atoms with Crippen LogP contribution in [0.3, 0.4) is 0 Å². The van der Waals surface area contributed by atoms with E-state index in [9.17, 15) is 0 Å². The van der Waals surface area contributed by atoms with Crippen molar-refractivity contribution in [3.05, 3.63) is 28.2 Å². The highest BCUT2D eigenvalue weighted by Crippen LogP contribution is 2.34. The molecule has 1 fully saturated rings. The molecule has 2 rings (SSSR count). The predicted octanol–water partition coefficient (Wildman–Crippen LogP) is 4.52. The molecule has 0 spiro atoms. The molecule has 0 amide bonds. The van der Waals surface area contributed by atoms with Gasteiger partial charge in [-0.15, -0.1) is 0 Å². The number of halogens is 1. The third-order valence-electron chi connectivity index (χ3n) is 3.33. The minimum absolute atomic E-state index is 0.119. The summed E-state index contributed by atoms with van der Waals surface area (Å²) in [5.74, 6) is 1.92. The van der Waals surface area contributed by atoms with Crippen LogP contribution in [-0.4, -0.2) is 12.1 Å². The molecule has 1 N–H and O–H groups in total. The number of para-hydroxylation sites is 1. The first-order valence-electron chi connectivity index (χ1n) is 7.11. The van der Waals surface area contributed by atoms with Crippen molar-refractivity contribution >= 4 is 15.9 Å². The summed E-state index contributed by atoms with van der Waals surface area (Å²) in [5.41, 5.74) is 1.34. The third kappa shape index (κ3) is 5.15. The fourth-order valence-electron chi connectivity index (χ4n) is 1.95. The van der Waals surface area contributed by atoms with Gasteiger partial charge in [0.25, 0.3) is 0 Å². The second-order valence-electron chi connectivity index (χ2n) is 6.41. The summed E-state index contributed by atoms with van der Waals surface area (Å²) in [4.78, 5) is 0. The maximum atomic E-state index is 6.00. The van der Waals surface area contributed by atoms with Crippen LogP contribution in [0.1, 0.15) is 45.6 Å². The summed E-state index contributed by atoms with van der Waals surface area (Å²) in [7, 11) is 0. The lowest BCUT2D eigenvalue weighted by Gasteiger charge is -2.22. The molecule has 0 aliphatic heterocycles. The molecule has 19 heavy (non-hydrogen) atoms. The molecule has 0 saturated heterocycles. The number of benzene rings is 1. The predicted molar refractivity (Wildman–Crippen MR) is 83.6 cm³/mol.